The maximum Gasteiger partial charge on any atom is 0.337 e. The quantitative estimate of drug-likeness (QED) is 0.767. The topological polar surface area (TPSA) is 67.4 Å². The van der Waals surface area contributed by atoms with Crippen LogP contribution in [-0.2, 0) is 9.53 Å². The third-order valence-corrected chi connectivity index (χ3v) is 2.89. The molecule has 0 saturated carbocycles. The number of carbonyl (C=O) groups excluding carboxylic acids is 2. The molecule has 1 unspecified atom stereocenters. The number of rotatable bonds is 6. The van der Waals surface area contributed by atoms with E-state index in [1.807, 2.05) is 14.0 Å². The van der Waals surface area contributed by atoms with E-state index >= 15 is 0 Å². The monoisotopic (exact) mass is 264 g/mol. The van der Waals surface area contributed by atoms with Crippen LogP contribution in [0.3, 0.4) is 0 Å². The predicted octanol–water partition coefficient (Wildman–Crippen LogP) is 1.66. The summed E-state index contributed by atoms with van der Waals surface area (Å²) >= 11 is 0. The summed E-state index contributed by atoms with van der Waals surface area (Å²) in [5, 5.41) is 5.83. The van der Waals surface area contributed by atoms with E-state index in [9.17, 15) is 9.59 Å². The molecule has 1 atom stereocenters. The van der Waals surface area contributed by atoms with Crippen molar-refractivity contribution in [3.8, 4) is 0 Å². The Labute approximate surface area is 113 Å². The summed E-state index contributed by atoms with van der Waals surface area (Å²) in [6.07, 6.45) is 0.771. The molecule has 104 valence electrons. The molecule has 0 radical (unpaired) electrons. The van der Waals surface area contributed by atoms with E-state index in [2.05, 4.69) is 15.4 Å². The predicted molar refractivity (Wildman–Crippen MR) is 74.1 cm³/mol. The number of ether oxygens (including phenoxy) is 1. The van der Waals surface area contributed by atoms with Crippen LogP contribution in [0.2, 0.25) is 0 Å². The van der Waals surface area contributed by atoms with E-state index in [1.54, 1.807) is 24.3 Å². The number of nitrogens with one attached hydrogen (secondary N) is 2. The first kappa shape index (κ1) is 15.2. The number of hydrogen-bond acceptors (Lipinski definition) is 4. The summed E-state index contributed by atoms with van der Waals surface area (Å²) in [6, 6.07) is 6.63. The van der Waals surface area contributed by atoms with Gasteiger partial charge in [-0.1, -0.05) is 6.92 Å². The zero-order chi connectivity index (χ0) is 14.3. The van der Waals surface area contributed by atoms with Crippen molar-refractivity contribution in [3.63, 3.8) is 0 Å². The van der Waals surface area contributed by atoms with Gasteiger partial charge in [0, 0.05) is 12.2 Å². The molecule has 0 fully saturated rings. The minimum Gasteiger partial charge on any atom is -0.465 e. The average Bonchev–Trinajstić information content (AvgIpc) is 2.44. The molecule has 1 amide bonds. The van der Waals surface area contributed by atoms with Crippen molar-refractivity contribution in [1.82, 2.24) is 5.32 Å². The Morgan fingerprint density at radius 2 is 1.89 bits per heavy atom. The second kappa shape index (κ2) is 7.53. The van der Waals surface area contributed by atoms with Crippen LogP contribution in [0.1, 0.15) is 23.7 Å². The maximum atomic E-state index is 12.0. The molecule has 0 aliphatic carbocycles. The van der Waals surface area contributed by atoms with E-state index in [4.69, 9.17) is 0 Å². The lowest BCUT2D eigenvalue weighted by Crippen LogP contribution is -2.30. The molecule has 0 heterocycles. The van der Waals surface area contributed by atoms with Crippen LogP contribution in [0.25, 0.3) is 0 Å². The first-order valence-electron chi connectivity index (χ1n) is 6.26. The summed E-state index contributed by atoms with van der Waals surface area (Å²) in [7, 11) is 3.16. The largest absolute Gasteiger partial charge is 0.465 e. The Hall–Kier alpha value is -1.88. The fourth-order valence-electron chi connectivity index (χ4n) is 1.72. The number of carbonyl (C=O) groups is 2. The van der Waals surface area contributed by atoms with E-state index in [1.165, 1.54) is 7.11 Å². The van der Waals surface area contributed by atoms with Gasteiger partial charge in [0.1, 0.15) is 0 Å². The van der Waals surface area contributed by atoms with Gasteiger partial charge in [0.15, 0.2) is 0 Å². The number of amides is 1. The van der Waals surface area contributed by atoms with Crippen LogP contribution in [-0.4, -0.2) is 32.6 Å². The molecule has 0 bridgehead atoms. The number of hydrogen-bond donors (Lipinski definition) is 2. The molecule has 19 heavy (non-hydrogen) atoms. The highest BCUT2D eigenvalue weighted by molar-refractivity contribution is 5.94. The third-order valence-electron chi connectivity index (χ3n) is 2.89. The van der Waals surface area contributed by atoms with Crippen LogP contribution in [0.15, 0.2) is 24.3 Å². The Morgan fingerprint density at radius 1 is 1.26 bits per heavy atom. The fraction of sp³-hybridized carbons (Fsp3) is 0.429. The summed E-state index contributed by atoms with van der Waals surface area (Å²) in [5.74, 6) is -0.479. The maximum absolute atomic E-state index is 12.0. The van der Waals surface area contributed by atoms with Crippen molar-refractivity contribution in [2.75, 3.05) is 26.0 Å². The standard InChI is InChI=1S/C14H20N2O3/c1-4-10(9-15-2)13(17)16-12-7-5-11(6-8-12)14(18)19-3/h5-8,10,15H,4,9H2,1-3H3,(H,16,17). The zero-order valence-electron chi connectivity index (χ0n) is 11.5. The van der Waals surface area contributed by atoms with E-state index < -0.39 is 0 Å². The lowest BCUT2D eigenvalue weighted by Gasteiger charge is -2.14. The average molecular weight is 264 g/mol. The third kappa shape index (κ3) is 4.37. The van der Waals surface area contributed by atoms with Crippen LogP contribution < -0.4 is 10.6 Å². The second-order valence-electron chi connectivity index (χ2n) is 4.22. The lowest BCUT2D eigenvalue weighted by molar-refractivity contribution is -0.119. The van der Waals surface area contributed by atoms with Crippen LogP contribution in [0.5, 0.6) is 0 Å². The Morgan fingerprint density at radius 3 is 2.37 bits per heavy atom. The van der Waals surface area contributed by atoms with Crippen LogP contribution in [0, 0.1) is 5.92 Å². The molecule has 0 saturated heterocycles. The number of methoxy groups -OCH3 is 1. The Balaban J connectivity index is 2.67. The molecule has 0 aromatic heterocycles. The Bertz CT molecular complexity index is 429. The van der Waals surface area contributed by atoms with Crippen molar-refractivity contribution in [3.05, 3.63) is 29.8 Å². The minimum atomic E-state index is -0.389. The van der Waals surface area contributed by atoms with Crippen LogP contribution in [0.4, 0.5) is 5.69 Å². The van der Waals surface area contributed by atoms with Gasteiger partial charge in [-0.3, -0.25) is 4.79 Å². The molecule has 5 nitrogen and oxygen atoms in total. The van der Waals surface area contributed by atoms with Gasteiger partial charge in [0.2, 0.25) is 5.91 Å². The first-order chi connectivity index (χ1) is 9.12. The van der Waals surface area contributed by atoms with E-state index in [0.29, 0.717) is 17.8 Å². The molecular weight excluding hydrogens is 244 g/mol. The molecule has 2 N–H and O–H groups in total. The van der Waals surface area contributed by atoms with Crippen molar-refractivity contribution in [1.29, 1.82) is 0 Å². The van der Waals surface area contributed by atoms with Crippen molar-refractivity contribution >= 4 is 17.6 Å². The minimum absolute atomic E-state index is 0.0253. The molecule has 1 rings (SSSR count). The van der Waals surface area contributed by atoms with Gasteiger partial charge in [0.25, 0.3) is 0 Å². The number of esters is 1. The van der Waals surface area contributed by atoms with E-state index in [-0.39, 0.29) is 17.8 Å². The summed E-state index contributed by atoms with van der Waals surface area (Å²) in [6.45, 7) is 2.62. The molecule has 0 aliphatic heterocycles. The van der Waals surface area contributed by atoms with Gasteiger partial charge in [-0.25, -0.2) is 4.79 Å². The van der Waals surface area contributed by atoms with E-state index in [0.717, 1.165) is 6.42 Å². The summed E-state index contributed by atoms with van der Waals surface area (Å²) in [4.78, 5) is 23.2. The molecular formula is C14H20N2O3. The highest BCUT2D eigenvalue weighted by atomic mass is 16.5. The summed E-state index contributed by atoms with van der Waals surface area (Å²) in [5.41, 5.74) is 1.13. The highest BCUT2D eigenvalue weighted by Gasteiger charge is 2.15. The van der Waals surface area contributed by atoms with Gasteiger partial charge in [-0.05, 0) is 37.7 Å². The Kier molecular flexibility index (Phi) is 6.02. The van der Waals surface area contributed by atoms with Gasteiger partial charge < -0.3 is 15.4 Å². The van der Waals surface area contributed by atoms with Gasteiger partial charge >= 0.3 is 5.97 Å². The van der Waals surface area contributed by atoms with Crippen molar-refractivity contribution in [2.45, 2.75) is 13.3 Å². The smallest absolute Gasteiger partial charge is 0.337 e. The summed E-state index contributed by atoms with van der Waals surface area (Å²) < 4.78 is 4.61. The normalized spacial score (nSPS) is 11.7. The molecule has 0 aliphatic rings. The SMILES string of the molecule is CCC(CNC)C(=O)Nc1ccc(C(=O)OC)cc1. The van der Waals surface area contributed by atoms with Crippen molar-refractivity contribution in [2.24, 2.45) is 5.92 Å². The second-order valence-corrected chi connectivity index (χ2v) is 4.22. The van der Waals surface area contributed by atoms with Crippen molar-refractivity contribution < 1.29 is 14.3 Å². The lowest BCUT2D eigenvalue weighted by atomic mass is 10.1. The number of anilines is 1. The first-order valence-corrected chi connectivity index (χ1v) is 6.26. The molecule has 1 aromatic carbocycles. The molecule has 0 spiro atoms. The zero-order valence-corrected chi connectivity index (χ0v) is 11.5. The molecule has 1 aromatic rings. The number of benzene rings is 1. The van der Waals surface area contributed by atoms with Gasteiger partial charge in [-0.15, -0.1) is 0 Å². The molecule has 5 heteroatoms. The highest BCUT2D eigenvalue weighted by Crippen LogP contribution is 2.12. The van der Waals surface area contributed by atoms with Gasteiger partial charge in [-0.2, -0.15) is 0 Å². The van der Waals surface area contributed by atoms with Crippen LogP contribution >= 0.6 is 0 Å². The van der Waals surface area contributed by atoms with Gasteiger partial charge in [0.05, 0.1) is 18.6 Å². The fourth-order valence-corrected chi connectivity index (χ4v) is 1.72.